The van der Waals surface area contributed by atoms with E-state index >= 15 is 0 Å². The maximum absolute atomic E-state index is 13.2. The summed E-state index contributed by atoms with van der Waals surface area (Å²) in [7, 11) is 1.53. The first-order valence-corrected chi connectivity index (χ1v) is 6.56. The molecule has 0 fully saturated rings. The van der Waals surface area contributed by atoms with Gasteiger partial charge >= 0.3 is 0 Å². The maximum Gasteiger partial charge on any atom is 0.165 e. The van der Waals surface area contributed by atoms with E-state index in [1.165, 1.54) is 19.2 Å². The fourth-order valence-electron chi connectivity index (χ4n) is 1.62. The monoisotopic (exact) mass is 287 g/mol. The van der Waals surface area contributed by atoms with Gasteiger partial charge in [-0.25, -0.2) is 4.39 Å². The first kappa shape index (κ1) is 16.8. The van der Waals surface area contributed by atoms with Gasteiger partial charge in [-0.1, -0.05) is 12.1 Å². The molecular weight excluding hydrogens is 265 g/mol. The van der Waals surface area contributed by atoms with Crippen molar-refractivity contribution < 1.29 is 24.1 Å². The molecule has 0 spiro atoms. The molecule has 2 atom stereocenters. The van der Waals surface area contributed by atoms with E-state index in [9.17, 15) is 14.6 Å². The molecular formula is C14H22FNO4. The minimum Gasteiger partial charge on any atom is -0.488 e. The van der Waals surface area contributed by atoms with Crippen molar-refractivity contribution in [2.45, 2.75) is 18.6 Å². The van der Waals surface area contributed by atoms with Crippen molar-refractivity contribution in [2.75, 3.05) is 33.4 Å². The van der Waals surface area contributed by atoms with Crippen LogP contribution in [-0.4, -0.2) is 55.8 Å². The number of hydrogen-bond acceptors (Lipinski definition) is 5. The minimum atomic E-state index is -0.742. The summed E-state index contributed by atoms with van der Waals surface area (Å²) in [4.78, 5) is 0. The number of benzene rings is 1. The molecule has 0 saturated heterocycles. The molecule has 5 nitrogen and oxygen atoms in total. The van der Waals surface area contributed by atoms with Gasteiger partial charge in [0.2, 0.25) is 0 Å². The van der Waals surface area contributed by atoms with E-state index in [1.807, 2.05) is 0 Å². The van der Waals surface area contributed by atoms with E-state index in [-0.39, 0.29) is 12.4 Å². The van der Waals surface area contributed by atoms with Gasteiger partial charge in [0.1, 0.15) is 12.7 Å². The Hall–Kier alpha value is -1.21. The normalized spacial score (nSPS) is 14.0. The fraction of sp³-hybridized carbons (Fsp3) is 0.571. The molecule has 0 aromatic heterocycles. The minimum absolute atomic E-state index is 0.00849. The zero-order valence-corrected chi connectivity index (χ0v) is 11.6. The summed E-state index contributed by atoms with van der Waals surface area (Å²) in [6.45, 7) is 1.17. The zero-order chi connectivity index (χ0) is 14.8. The Bertz CT molecular complexity index is 378. The molecule has 1 rings (SSSR count). The molecule has 0 aliphatic carbocycles. The highest BCUT2D eigenvalue weighted by molar-refractivity contribution is 5.23. The summed E-state index contributed by atoms with van der Waals surface area (Å²) >= 11 is 0. The number of methoxy groups -OCH3 is 1. The van der Waals surface area contributed by atoms with Crippen molar-refractivity contribution in [3.8, 4) is 5.75 Å². The summed E-state index contributed by atoms with van der Waals surface area (Å²) in [5, 5.41) is 22.1. The number of rotatable bonds is 10. The second kappa shape index (κ2) is 9.66. The average molecular weight is 287 g/mol. The first-order chi connectivity index (χ1) is 9.63. The fourth-order valence-corrected chi connectivity index (χ4v) is 1.62. The highest BCUT2D eigenvalue weighted by Crippen LogP contribution is 2.15. The summed E-state index contributed by atoms with van der Waals surface area (Å²) < 4.78 is 23.2. The van der Waals surface area contributed by atoms with Crippen LogP contribution >= 0.6 is 0 Å². The van der Waals surface area contributed by atoms with Crippen LogP contribution < -0.4 is 10.1 Å². The second-order valence-electron chi connectivity index (χ2n) is 4.50. The number of aliphatic hydroxyl groups excluding tert-OH is 2. The van der Waals surface area contributed by atoms with Gasteiger partial charge in [0.15, 0.2) is 11.6 Å². The number of para-hydroxylation sites is 1. The molecule has 6 heteroatoms. The van der Waals surface area contributed by atoms with Crippen LogP contribution in [-0.2, 0) is 4.74 Å². The van der Waals surface area contributed by atoms with Gasteiger partial charge in [-0.2, -0.15) is 0 Å². The van der Waals surface area contributed by atoms with Crippen LogP contribution in [0.25, 0.3) is 0 Å². The van der Waals surface area contributed by atoms with E-state index in [2.05, 4.69) is 5.32 Å². The van der Waals surface area contributed by atoms with Crippen molar-refractivity contribution in [1.82, 2.24) is 5.32 Å². The number of ether oxygens (including phenoxy) is 2. The predicted molar refractivity (Wildman–Crippen MR) is 73.3 cm³/mol. The van der Waals surface area contributed by atoms with Crippen molar-refractivity contribution in [2.24, 2.45) is 0 Å². The van der Waals surface area contributed by atoms with Gasteiger partial charge in [0.05, 0.1) is 12.7 Å². The molecule has 0 saturated carbocycles. The van der Waals surface area contributed by atoms with Crippen molar-refractivity contribution in [3.05, 3.63) is 30.1 Å². The molecule has 0 amide bonds. The van der Waals surface area contributed by atoms with E-state index in [0.29, 0.717) is 26.1 Å². The molecule has 0 heterocycles. The van der Waals surface area contributed by atoms with Crippen LogP contribution in [0.2, 0.25) is 0 Å². The average Bonchev–Trinajstić information content (AvgIpc) is 2.43. The molecule has 114 valence electrons. The molecule has 20 heavy (non-hydrogen) atoms. The second-order valence-corrected chi connectivity index (χ2v) is 4.50. The third kappa shape index (κ3) is 6.81. The van der Waals surface area contributed by atoms with Crippen molar-refractivity contribution in [1.29, 1.82) is 0 Å². The lowest BCUT2D eigenvalue weighted by Gasteiger charge is -2.14. The summed E-state index contributed by atoms with van der Waals surface area (Å²) in [6, 6.07) is 6.06. The zero-order valence-electron chi connectivity index (χ0n) is 11.6. The lowest BCUT2D eigenvalue weighted by molar-refractivity contribution is 0.0576. The van der Waals surface area contributed by atoms with Crippen LogP contribution in [0.15, 0.2) is 24.3 Å². The van der Waals surface area contributed by atoms with Crippen LogP contribution in [0.4, 0.5) is 4.39 Å². The Morgan fingerprint density at radius 1 is 1.20 bits per heavy atom. The lowest BCUT2D eigenvalue weighted by atomic mass is 10.2. The number of hydrogen-bond donors (Lipinski definition) is 3. The Balaban J connectivity index is 2.12. The third-order valence-corrected chi connectivity index (χ3v) is 2.66. The number of aliphatic hydroxyl groups is 2. The van der Waals surface area contributed by atoms with Crippen LogP contribution in [0.5, 0.6) is 5.75 Å². The smallest absolute Gasteiger partial charge is 0.165 e. The van der Waals surface area contributed by atoms with Crippen molar-refractivity contribution in [3.63, 3.8) is 0 Å². The van der Waals surface area contributed by atoms with E-state index in [0.717, 1.165) is 0 Å². The Morgan fingerprint density at radius 3 is 2.65 bits per heavy atom. The quantitative estimate of drug-likeness (QED) is 0.548. The Labute approximate surface area is 118 Å². The van der Waals surface area contributed by atoms with E-state index < -0.39 is 18.0 Å². The van der Waals surface area contributed by atoms with Crippen LogP contribution in [0.3, 0.4) is 0 Å². The maximum atomic E-state index is 13.2. The predicted octanol–water partition coefficient (Wildman–Crippen LogP) is 0.552. The van der Waals surface area contributed by atoms with Gasteiger partial charge in [-0.15, -0.1) is 0 Å². The van der Waals surface area contributed by atoms with Crippen LogP contribution in [0, 0.1) is 5.82 Å². The van der Waals surface area contributed by atoms with Gasteiger partial charge in [-0.3, -0.25) is 0 Å². The van der Waals surface area contributed by atoms with Gasteiger partial charge in [-0.05, 0) is 25.1 Å². The van der Waals surface area contributed by atoms with Gasteiger partial charge < -0.3 is 25.0 Å². The third-order valence-electron chi connectivity index (χ3n) is 2.66. The highest BCUT2D eigenvalue weighted by atomic mass is 19.1. The summed E-state index contributed by atoms with van der Waals surface area (Å²) in [6.07, 6.45) is -0.720. The molecule has 0 bridgehead atoms. The lowest BCUT2D eigenvalue weighted by Crippen LogP contribution is -2.33. The Kier molecular flexibility index (Phi) is 8.13. The van der Waals surface area contributed by atoms with Gasteiger partial charge in [0.25, 0.3) is 0 Å². The molecule has 1 aromatic rings. The molecule has 2 unspecified atom stereocenters. The number of nitrogens with one attached hydrogen (secondary N) is 1. The van der Waals surface area contributed by atoms with Gasteiger partial charge in [0, 0.05) is 13.7 Å². The summed E-state index contributed by atoms with van der Waals surface area (Å²) in [5.74, 6) is -0.322. The summed E-state index contributed by atoms with van der Waals surface area (Å²) in [5.41, 5.74) is 0. The number of halogens is 1. The molecule has 0 radical (unpaired) electrons. The SMILES string of the molecule is COCC(O)CCNCC(O)COc1ccccc1F. The largest absolute Gasteiger partial charge is 0.488 e. The van der Waals surface area contributed by atoms with Crippen molar-refractivity contribution >= 4 is 0 Å². The molecule has 3 N–H and O–H groups in total. The first-order valence-electron chi connectivity index (χ1n) is 6.56. The van der Waals surface area contributed by atoms with E-state index in [4.69, 9.17) is 9.47 Å². The standard InChI is InChI=1S/C14H22FNO4/c1-19-9-11(17)6-7-16-8-12(18)10-20-14-5-3-2-4-13(14)15/h2-5,11-12,16-18H,6-10H2,1H3. The van der Waals surface area contributed by atoms with E-state index in [1.54, 1.807) is 12.1 Å². The van der Waals surface area contributed by atoms with Crippen LogP contribution in [0.1, 0.15) is 6.42 Å². The molecule has 0 aliphatic heterocycles. The molecule has 1 aromatic carbocycles. The molecule has 0 aliphatic rings. The Morgan fingerprint density at radius 2 is 1.95 bits per heavy atom. The highest BCUT2D eigenvalue weighted by Gasteiger charge is 2.08. The topological polar surface area (TPSA) is 71.0 Å².